The molecule has 0 aliphatic heterocycles. The van der Waals surface area contributed by atoms with Gasteiger partial charge < -0.3 is 20.1 Å². The van der Waals surface area contributed by atoms with Gasteiger partial charge in [-0.2, -0.15) is 0 Å². The second-order valence-electron chi connectivity index (χ2n) is 10.8. The smallest absolute Gasteiger partial charge is 0.0811 e. The first-order valence-electron chi connectivity index (χ1n) is 11.8. The number of aliphatic hydroxyl groups excluding tert-OH is 2. The van der Waals surface area contributed by atoms with Gasteiger partial charge in [0.2, 0.25) is 0 Å². The van der Waals surface area contributed by atoms with E-state index in [2.05, 4.69) is 32.6 Å². The van der Waals surface area contributed by atoms with Crippen LogP contribution >= 0.6 is 0 Å². The number of ether oxygens (including phenoxy) is 1. The van der Waals surface area contributed by atoms with Gasteiger partial charge in [-0.05, 0) is 94.1 Å². The van der Waals surface area contributed by atoms with E-state index in [-0.39, 0.29) is 11.5 Å². The highest BCUT2D eigenvalue weighted by molar-refractivity contribution is 5.38. The summed E-state index contributed by atoms with van der Waals surface area (Å²) >= 11 is 0. The molecule has 3 rings (SSSR count). The highest BCUT2D eigenvalue weighted by Crippen LogP contribution is 2.58. The average molecular weight is 419 g/mol. The average Bonchev–Trinajstić information content (AvgIpc) is 3.00. The monoisotopic (exact) mass is 418 g/mol. The van der Waals surface area contributed by atoms with Crippen LogP contribution in [0, 0.1) is 17.3 Å². The summed E-state index contributed by atoms with van der Waals surface area (Å²) in [6, 6.07) is 0. The SMILES string of the molecule is C=C1/C(=C\C=C2/CCCC3(C)C2CC[C@@H]3[C@H](C)OCCC(C)(C)O)C[C@@H](O)CC1O. The first-order chi connectivity index (χ1) is 14.0. The molecule has 3 aliphatic carbocycles. The second-order valence-corrected chi connectivity index (χ2v) is 10.8. The maximum Gasteiger partial charge on any atom is 0.0811 e. The second kappa shape index (κ2) is 9.28. The third kappa shape index (κ3) is 5.27. The third-order valence-corrected chi connectivity index (χ3v) is 7.96. The van der Waals surface area contributed by atoms with Gasteiger partial charge in [-0.1, -0.05) is 31.2 Å². The van der Waals surface area contributed by atoms with E-state index >= 15 is 0 Å². The minimum atomic E-state index is -0.680. The van der Waals surface area contributed by atoms with Crippen molar-refractivity contribution in [3.63, 3.8) is 0 Å². The molecule has 170 valence electrons. The van der Waals surface area contributed by atoms with Crippen LogP contribution in [0.3, 0.4) is 0 Å². The van der Waals surface area contributed by atoms with Crippen molar-refractivity contribution in [2.75, 3.05) is 6.61 Å². The molecule has 30 heavy (non-hydrogen) atoms. The van der Waals surface area contributed by atoms with Crippen molar-refractivity contribution < 1.29 is 20.1 Å². The van der Waals surface area contributed by atoms with Gasteiger partial charge in [0.15, 0.2) is 0 Å². The minimum Gasteiger partial charge on any atom is -0.393 e. The van der Waals surface area contributed by atoms with Crippen molar-refractivity contribution in [3.05, 3.63) is 35.5 Å². The van der Waals surface area contributed by atoms with E-state index in [0.29, 0.717) is 37.7 Å². The zero-order chi connectivity index (χ0) is 22.1. The standard InChI is InChI=1S/C26H42O4/c1-17-20(15-21(27)16-24(17)28)9-8-19-7-6-12-26(5)22(10-11-23(19)26)18(2)30-14-13-25(3,4)29/h8-9,18,21-24,27-29H,1,6-7,10-16H2,2-5H3/b19-8+,20-9-/t18-,21+,22+,23?,24?,26?/m0/s1. The summed E-state index contributed by atoms with van der Waals surface area (Å²) in [5.41, 5.74) is 2.82. The summed E-state index contributed by atoms with van der Waals surface area (Å²) in [6.07, 6.45) is 11.0. The van der Waals surface area contributed by atoms with Gasteiger partial charge >= 0.3 is 0 Å². The third-order valence-electron chi connectivity index (χ3n) is 7.96. The maximum atomic E-state index is 10.1. The Morgan fingerprint density at radius 1 is 1.27 bits per heavy atom. The van der Waals surface area contributed by atoms with E-state index < -0.39 is 17.8 Å². The lowest BCUT2D eigenvalue weighted by Crippen LogP contribution is -2.39. The largest absolute Gasteiger partial charge is 0.393 e. The molecule has 6 atom stereocenters. The van der Waals surface area contributed by atoms with Crippen molar-refractivity contribution >= 4 is 0 Å². The molecule has 0 amide bonds. The summed E-state index contributed by atoms with van der Waals surface area (Å²) in [5, 5.41) is 30.1. The summed E-state index contributed by atoms with van der Waals surface area (Å²) in [5.74, 6) is 1.11. The summed E-state index contributed by atoms with van der Waals surface area (Å²) in [6.45, 7) is 13.0. The van der Waals surface area contributed by atoms with E-state index in [9.17, 15) is 15.3 Å². The molecule has 0 radical (unpaired) electrons. The van der Waals surface area contributed by atoms with Crippen molar-refractivity contribution in [2.45, 2.75) is 103 Å². The predicted octanol–water partition coefficient (Wildman–Crippen LogP) is 4.69. The molecule has 0 spiro atoms. The number of aliphatic hydroxyl groups is 3. The number of allylic oxidation sites excluding steroid dienone is 3. The zero-order valence-corrected chi connectivity index (χ0v) is 19.4. The van der Waals surface area contributed by atoms with Gasteiger partial charge in [0.25, 0.3) is 0 Å². The Morgan fingerprint density at radius 2 is 2.00 bits per heavy atom. The molecule has 0 heterocycles. The fourth-order valence-corrected chi connectivity index (χ4v) is 6.13. The van der Waals surface area contributed by atoms with E-state index in [1.54, 1.807) is 0 Å². The molecular formula is C26H42O4. The number of hydrogen-bond donors (Lipinski definition) is 3. The minimum absolute atomic E-state index is 0.198. The topological polar surface area (TPSA) is 69.9 Å². The van der Waals surface area contributed by atoms with Crippen molar-refractivity contribution in [1.29, 1.82) is 0 Å². The Kier molecular flexibility index (Phi) is 7.33. The first kappa shape index (κ1) is 23.7. The predicted molar refractivity (Wildman–Crippen MR) is 121 cm³/mol. The van der Waals surface area contributed by atoms with Crippen LogP contribution < -0.4 is 0 Å². The quantitative estimate of drug-likeness (QED) is 0.585. The van der Waals surface area contributed by atoms with E-state index in [0.717, 1.165) is 17.6 Å². The molecule has 0 aromatic carbocycles. The molecule has 3 unspecified atom stereocenters. The lowest BCUT2D eigenvalue weighted by atomic mass is 9.62. The van der Waals surface area contributed by atoms with E-state index in [1.807, 2.05) is 13.8 Å². The van der Waals surface area contributed by atoms with Gasteiger partial charge in [0, 0.05) is 13.0 Å². The van der Waals surface area contributed by atoms with Gasteiger partial charge in [-0.15, -0.1) is 0 Å². The fraction of sp³-hybridized carbons (Fsp3) is 0.769. The molecule has 3 N–H and O–H groups in total. The van der Waals surface area contributed by atoms with Crippen LogP contribution in [0.4, 0.5) is 0 Å². The molecule has 4 heteroatoms. The van der Waals surface area contributed by atoms with Gasteiger partial charge in [-0.25, -0.2) is 0 Å². The lowest BCUT2D eigenvalue weighted by molar-refractivity contribution is -0.0454. The fourth-order valence-electron chi connectivity index (χ4n) is 6.13. The lowest BCUT2D eigenvalue weighted by Gasteiger charge is -2.44. The Balaban J connectivity index is 1.70. The molecule has 0 aromatic rings. The molecule has 3 aliphatic rings. The molecular weight excluding hydrogens is 376 g/mol. The van der Waals surface area contributed by atoms with Crippen molar-refractivity contribution in [3.8, 4) is 0 Å². The summed E-state index contributed by atoms with van der Waals surface area (Å²) in [4.78, 5) is 0. The van der Waals surface area contributed by atoms with Crippen LogP contribution in [0.25, 0.3) is 0 Å². The maximum absolute atomic E-state index is 10.1. The number of rotatable bonds is 6. The van der Waals surface area contributed by atoms with E-state index in [4.69, 9.17) is 4.74 Å². The van der Waals surface area contributed by atoms with Crippen molar-refractivity contribution in [2.24, 2.45) is 17.3 Å². The Labute approximate surface area is 182 Å². The molecule has 0 aromatic heterocycles. The number of fused-ring (bicyclic) bond motifs is 1. The molecule has 3 fully saturated rings. The van der Waals surface area contributed by atoms with Crippen LogP contribution in [0.1, 0.15) is 79.1 Å². The van der Waals surface area contributed by atoms with Crippen LogP contribution in [0.5, 0.6) is 0 Å². The molecule has 0 bridgehead atoms. The highest BCUT2D eigenvalue weighted by atomic mass is 16.5. The molecule has 0 saturated heterocycles. The van der Waals surface area contributed by atoms with Crippen LogP contribution in [-0.2, 0) is 4.74 Å². The van der Waals surface area contributed by atoms with E-state index in [1.165, 1.54) is 31.3 Å². The number of hydrogen-bond acceptors (Lipinski definition) is 4. The molecule has 3 saturated carbocycles. The molecule has 4 nitrogen and oxygen atoms in total. The Morgan fingerprint density at radius 3 is 2.70 bits per heavy atom. The van der Waals surface area contributed by atoms with Crippen LogP contribution in [0.15, 0.2) is 35.5 Å². The summed E-state index contributed by atoms with van der Waals surface area (Å²) < 4.78 is 6.19. The van der Waals surface area contributed by atoms with Crippen molar-refractivity contribution in [1.82, 2.24) is 0 Å². The first-order valence-corrected chi connectivity index (χ1v) is 11.8. The zero-order valence-electron chi connectivity index (χ0n) is 19.4. The highest BCUT2D eigenvalue weighted by Gasteiger charge is 2.51. The normalized spacial score (nSPS) is 38.8. The van der Waals surface area contributed by atoms with Crippen LogP contribution in [0.2, 0.25) is 0 Å². The van der Waals surface area contributed by atoms with Gasteiger partial charge in [0.1, 0.15) is 0 Å². The van der Waals surface area contributed by atoms with Crippen LogP contribution in [-0.4, -0.2) is 45.8 Å². The Hall–Kier alpha value is -0.940. The summed E-state index contributed by atoms with van der Waals surface area (Å²) in [7, 11) is 0. The van der Waals surface area contributed by atoms with Gasteiger partial charge in [-0.3, -0.25) is 0 Å². The van der Waals surface area contributed by atoms with Gasteiger partial charge in [0.05, 0.1) is 23.9 Å². The Bertz CT molecular complexity index is 686.